The molecule has 2 heterocycles. The Morgan fingerprint density at radius 1 is 1.43 bits per heavy atom. The molecule has 0 bridgehead atoms. The Morgan fingerprint density at radius 3 is 2.67 bits per heavy atom. The molecule has 0 unspecified atom stereocenters. The van der Waals surface area contributed by atoms with Gasteiger partial charge in [0, 0.05) is 19.0 Å². The minimum absolute atomic E-state index is 0.0993. The van der Waals surface area contributed by atoms with Crippen LogP contribution in [0.15, 0.2) is 10.3 Å². The van der Waals surface area contributed by atoms with Crippen LogP contribution in [0.1, 0.15) is 29.0 Å². The second-order valence-corrected chi connectivity index (χ2v) is 4.86. The number of hydrogen-bond donors (Lipinski definition) is 2. The number of nitrogens with two attached hydrogens (primary N) is 1. The Hall–Kier alpha value is -2.45. The molecule has 1 aliphatic heterocycles. The second-order valence-electron chi connectivity index (χ2n) is 4.86. The summed E-state index contributed by atoms with van der Waals surface area (Å²) in [6.07, 6.45) is 1.31. The third-order valence-corrected chi connectivity index (χ3v) is 3.44. The van der Waals surface area contributed by atoms with E-state index in [0.717, 1.165) is 0 Å². The molecular weight excluding hydrogens is 276 g/mol. The number of aromatic amines is 1. The number of H-pyrrole nitrogens is 1. The third-order valence-electron chi connectivity index (χ3n) is 3.44. The van der Waals surface area contributed by atoms with Crippen LogP contribution in [0.5, 0.6) is 0 Å². The van der Waals surface area contributed by atoms with Crippen LogP contribution < -0.4 is 5.73 Å². The molecule has 2 rings (SSSR count). The van der Waals surface area contributed by atoms with Crippen molar-refractivity contribution in [3.63, 3.8) is 0 Å². The van der Waals surface area contributed by atoms with E-state index in [2.05, 4.69) is 25.3 Å². The van der Waals surface area contributed by atoms with Gasteiger partial charge in [0.05, 0.1) is 12.8 Å². The number of rotatable bonds is 4. The highest BCUT2D eigenvalue weighted by molar-refractivity contribution is 5.93. The van der Waals surface area contributed by atoms with Gasteiger partial charge in [0.1, 0.15) is 5.69 Å². The zero-order chi connectivity index (χ0) is 15.4. The smallest absolute Gasteiger partial charge is 0.360 e. The summed E-state index contributed by atoms with van der Waals surface area (Å²) in [7, 11) is 1.28. The van der Waals surface area contributed by atoms with Crippen LogP contribution in [-0.4, -0.2) is 47.3 Å². The molecule has 9 nitrogen and oxygen atoms in total. The quantitative estimate of drug-likeness (QED) is 0.624. The van der Waals surface area contributed by atoms with Gasteiger partial charge >= 0.3 is 5.97 Å². The SMILES string of the molecule is COC(=O)c1n[nH]c(C)c1N=NN1CCC(C(N)=O)CC1. The van der Waals surface area contributed by atoms with Crippen LogP contribution in [0, 0.1) is 12.8 Å². The van der Waals surface area contributed by atoms with Gasteiger partial charge in [-0.15, -0.1) is 5.11 Å². The number of hydrogen-bond acceptors (Lipinski definition) is 6. The van der Waals surface area contributed by atoms with Gasteiger partial charge < -0.3 is 10.5 Å². The van der Waals surface area contributed by atoms with Crippen molar-refractivity contribution in [2.45, 2.75) is 19.8 Å². The van der Waals surface area contributed by atoms with Crippen LogP contribution >= 0.6 is 0 Å². The van der Waals surface area contributed by atoms with Crippen molar-refractivity contribution in [3.8, 4) is 0 Å². The number of amides is 1. The topological polar surface area (TPSA) is 126 Å². The average Bonchev–Trinajstić information content (AvgIpc) is 2.85. The highest BCUT2D eigenvalue weighted by atomic mass is 16.5. The van der Waals surface area contributed by atoms with Crippen LogP contribution in [0.2, 0.25) is 0 Å². The molecule has 114 valence electrons. The molecule has 3 N–H and O–H groups in total. The lowest BCUT2D eigenvalue weighted by atomic mass is 9.97. The van der Waals surface area contributed by atoms with Gasteiger partial charge in [-0.2, -0.15) is 5.10 Å². The lowest BCUT2D eigenvalue weighted by Crippen LogP contribution is -2.35. The fourth-order valence-electron chi connectivity index (χ4n) is 2.13. The minimum Gasteiger partial charge on any atom is -0.464 e. The molecule has 1 aromatic heterocycles. The molecule has 1 aromatic rings. The van der Waals surface area contributed by atoms with E-state index in [4.69, 9.17) is 5.73 Å². The Bertz CT molecular complexity index is 559. The molecule has 1 amide bonds. The number of esters is 1. The van der Waals surface area contributed by atoms with Crippen LogP contribution in [-0.2, 0) is 9.53 Å². The highest BCUT2D eigenvalue weighted by Crippen LogP contribution is 2.24. The summed E-state index contributed by atoms with van der Waals surface area (Å²) in [5.74, 6) is -0.941. The normalized spacial score (nSPS) is 16.4. The molecule has 0 saturated carbocycles. The van der Waals surface area contributed by atoms with E-state index in [1.54, 1.807) is 11.9 Å². The molecule has 9 heteroatoms. The lowest BCUT2D eigenvalue weighted by Gasteiger charge is -2.26. The molecule has 21 heavy (non-hydrogen) atoms. The lowest BCUT2D eigenvalue weighted by molar-refractivity contribution is -0.123. The monoisotopic (exact) mass is 294 g/mol. The first kappa shape index (κ1) is 14.9. The fraction of sp³-hybridized carbons (Fsp3) is 0.583. The van der Waals surface area contributed by atoms with Gasteiger partial charge in [0.2, 0.25) is 5.91 Å². The minimum atomic E-state index is -0.569. The second kappa shape index (κ2) is 6.33. The van der Waals surface area contributed by atoms with E-state index in [9.17, 15) is 9.59 Å². The van der Waals surface area contributed by atoms with Gasteiger partial charge in [-0.1, -0.05) is 5.22 Å². The van der Waals surface area contributed by atoms with Crippen LogP contribution in [0.3, 0.4) is 0 Å². The standard InChI is InChI=1S/C12H18N6O3/c1-7-9(10(15-14-7)12(20)21-2)16-17-18-5-3-8(4-6-18)11(13)19/h8H,3-6H2,1-2H3,(H2,13,19)(H,14,15). The molecule has 1 aliphatic rings. The van der Waals surface area contributed by atoms with Crippen LogP contribution in [0.25, 0.3) is 0 Å². The molecule has 0 aliphatic carbocycles. The Balaban J connectivity index is 2.04. The van der Waals surface area contributed by atoms with Crippen molar-refractivity contribution in [2.24, 2.45) is 22.0 Å². The van der Waals surface area contributed by atoms with E-state index >= 15 is 0 Å². The zero-order valence-corrected chi connectivity index (χ0v) is 12.0. The van der Waals surface area contributed by atoms with Gasteiger partial charge in [0.15, 0.2) is 5.69 Å². The highest BCUT2D eigenvalue weighted by Gasteiger charge is 2.23. The summed E-state index contributed by atoms with van der Waals surface area (Å²) >= 11 is 0. The van der Waals surface area contributed by atoms with E-state index in [0.29, 0.717) is 37.3 Å². The number of piperidine rings is 1. The van der Waals surface area contributed by atoms with Crippen molar-refractivity contribution in [1.82, 2.24) is 15.2 Å². The van der Waals surface area contributed by atoms with Crippen molar-refractivity contribution in [2.75, 3.05) is 20.2 Å². The van der Waals surface area contributed by atoms with Gasteiger partial charge in [-0.05, 0) is 19.8 Å². The molecule has 0 spiro atoms. The summed E-state index contributed by atoms with van der Waals surface area (Å²) in [6.45, 7) is 2.94. The van der Waals surface area contributed by atoms with E-state index in [1.807, 2.05) is 0 Å². The van der Waals surface area contributed by atoms with Crippen LogP contribution in [0.4, 0.5) is 5.69 Å². The largest absolute Gasteiger partial charge is 0.464 e. The summed E-state index contributed by atoms with van der Waals surface area (Å²) in [6, 6.07) is 0. The Kier molecular flexibility index (Phi) is 4.51. The number of ether oxygens (including phenoxy) is 1. The molecule has 1 saturated heterocycles. The van der Waals surface area contributed by atoms with Crippen molar-refractivity contribution in [3.05, 3.63) is 11.4 Å². The first-order valence-electron chi connectivity index (χ1n) is 6.62. The van der Waals surface area contributed by atoms with Gasteiger partial charge in [-0.3, -0.25) is 14.9 Å². The molecule has 0 radical (unpaired) electrons. The summed E-state index contributed by atoms with van der Waals surface area (Å²) in [4.78, 5) is 22.6. The van der Waals surface area contributed by atoms with E-state index in [-0.39, 0.29) is 17.5 Å². The first-order valence-corrected chi connectivity index (χ1v) is 6.62. The first-order chi connectivity index (χ1) is 10.0. The van der Waals surface area contributed by atoms with Crippen molar-refractivity contribution < 1.29 is 14.3 Å². The number of nitrogens with zero attached hydrogens (tertiary/aromatic N) is 4. The maximum Gasteiger partial charge on any atom is 0.360 e. The maximum atomic E-state index is 11.5. The van der Waals surface area contributed by atoms with E-state index in [1.165, 1.54) is 7.11 Å². The van der Waals surface area contributed by atoms with E-state index < -0.39 is 5.97 Å². The predicted octanol–water partition coefficient (Wildman–Crippen LogP) is 0.701. The fourth-order valence-corrected chi connectivity index (χ4v) is 2.13. The van der Waals surface area contributed by atoms with Crippen molar-refractivity contribution >= 4 is 17.6 Å². The Labute approximate surface area is 121 Å². The number of aromatic nitrogens is 2. The summed E-state index contributed by atoms with van der Waals surface area (Å²) < 4.78 is 4.63. The zero-order valence-electron chi connectivity index (χ0n) is 12.0. The number of nitrogens with one attached hydrogen (secondary N) is 1. The average molecular weight is 294 g/mol. The molecule has 1 fully saturated rings. The molecular formula is C12H18N6O3. The number of methoxy groups -OCH3 is 1. The number of primary amides is 1. The maximum absolute atomic E-state index is 11.5. The predicted molar refractivity (Wildman–Crippen MR) is 72.7 cm³/mol. The van der Waals surface area contributed by atoms with Gasteiger partial charge in [-0.25, -0.2) is 4.79 Å². The molecule has 0 aromatic carbocycles. The third kappa shape index (κ3) is 3.36. The number of aryl methyl sites for hydroxylation is 1. The van der Waals surface area contributed by atoms with Crippen molar-refractivity contribution in [1.29, 1.82) is 0 Å². The summed E-state index contributed by atoms with van der Waals surface area (Å²) in [5.41, 5.74) is 6.37. The molecule has 0 atom stereocenters. The number of carbonyl (C=O) groups is 2. The summed E-state index contributed by atoms with van der Waals surface area (Å²) in [5, 5.41) is 16.4. The number of carbonyl (C=O) groups excluding carboxylic acids is 2. The Morgan fingerprint density at radius 2 is 2.10 bits per heavy atom. The van der Waals surface area contributed by atoms with Gasteiger partial charge in [0.25, 0.3) is 0 Å².